The lowest BCUT2D eigenvalue weighted by Crippen LogP contribution is -2.66. The Balaban J connectivity index is 1.73. The van der Waals surface area contributed by atoms with E-state index in [2.05, 4.69) is 5.32 Å². The van der Waals surface area contributed by atoms with Crippen molar-refractivity contribution in [2.75, 3.05) is 19.7 Å². The van der Waals surface area contributed by atoms with Gasteiger partial charge in [0.1, 0.15) is 6.61 Å². The quantitative estimate of drug-likeness (QED) is 0.690. The highest BCUT2D eigenvalue weighted by Gasteiger charge is 2.44. The molecule has 1 aliphatic heterocycles. The molecule has 1 aliphatic carbocycles. The maximum Gasteiger partial charge on any atom is 0.329 e. The lowest BCUT2D eigenvalue weighted by molar-refractivity contribution is -0.171. The molecule has 102 valence electrons. The second kappa shape index (κ2) is 4.85. The largest absolute Gasteiger partial charge is 0.480 e. The van der Waals surface area contributed by atoms with E-state index < -0.39 is 11.6 Å². The number of ether oxygens (including phenoxy) is 1. The molecular formula is C12H20N2O4. The molecule has 1 amide bonds. The minimum Gasteiger partial charge on any atom is -0.480 e. The van der Waals surface area contributed by atoms with Crippen molar-refractivity contribution in [3.05, 3.63) is 0 Å². The first kappa shape index (κ1) is 13.3. The van der Waals surface area contributed by atoms with E-state index in [9.17, 15) is 9.59 Å². The molecule has 1 saturated carbocycles. The molecule has 18 heavy (non-hydrogen) atoms. The third-order valence-corrected chi connectivity index (χ3v) is 3.47. The predicted octanol–water partition coefficient (Wildman–Crippen LogP) is -0.171. The molecular weight excluding hydrogens is 236 g/mol. The smallest absolute Gasteiger partial charge is 0.329 e. The number of hydrogen-bond acceptors (Lipinski definition) is 4. The third-order valence-electron chi connectivity index (χ3n) is 3.47. The van der Waals surface area contributed by atoms with Gasteiger partial charge in [0.25, 0.3) is 0 Å². The van der Waals surface area contributed by atoms with Gasteiger partial charge in [0.2, 0.25) is 5.91 Å². The van der Waals surface area contributed by atoms with Crippen LogP contribution in [0.3, 0.4) is 0 Å². The highest BCUT2D eigenvalue weighted by atomic mass is 16.5. The Labute approximate surface area is 106 Å². The molecule has 0 aromatic rings. The fraction of sp³-hybridized carbons (Fsp3) is 0.833. The van der Waals surface area contributed by atoms with Crippen molar-refractivity contribution < 1.29 is 19.4 Å². The van der Waals surface area contributed by atoms with Crippen LogP contribution in [-0.2, 0) is 14.3 Å². The number of aliphatic carboxylic acids is 1. The number of amides is 1. The van der Waals surface area contributed by atoms with Crippen molar-refractivity contribution in [3.8, 4) is 0 Å². The topological polar surface area (TPSA) is 78.9 Å². The van der Waals surface area contributed by atoms with Gasteiger partial charge in [-0.05, 0) is 26.7 Å². The van der Waals surface area contributed by atoms with E-state index in [0.29, 0.717) is 19.1 Å². The molecule has 0 aromatic heterocycles. The van der Waals surface area contributed by atoms with E-state index in [1.165, 1.54) is 0 Å². The molecule has 6 nitrogen and oxygen atoms in total. The molecule has 1 heterocycles. The van der Waals surface area contributed by atoms with Crippen LogP contribution in [0.2, 0.25) is 0 Å². The second-order valence-corrected chi connectivity index (χ2v) is 5.50. The predicted molar refractivity (Wildman–Crippen MR) is 64.2 cm³/mol. The van der Waals surface area contributed by atoms with Gasteiger partial charge in [0, 0.05) is 19.1 Å². The van der Waals surface area contributed by atoms with Crippen LogP contribution in [0.4, 0.5) is 0 Å². The zero-order chi connectivity index (χ0) is 13.3. The average molecular weight is 256 g/mol. The van der Waals surface area contributed by atoms with Crippen molar-refractivity contribution in [3.63, 3.8) is 0 Å². The normalized spacial score (nSPS) is 24.1. The molecule has 0 spiro atoms. The standard InChI is InChI=1S/C12H20N2O4/c1-8(11(17)13-9-3-4-9)14-6-12(2,7-14)18-5-10(15)16/h8-9H,3-7H2,1-2H3,(H,13,17)(H,15,16). The van der Waals surface area contributed by atoms with E-state index in [1.54, 1.807) is 0 Å². The summed E-state index contributed by atoms with van der Waals surface area (Å²) >= 11 is 0. The minimum atomic E-state index is -0.964. The van der Waals surface area contributed by atoms with Gasteiger partial charge in [-0.2, -0.15) is 0 Å². The van der Waals surface area contributed by atoms with Crippen LogP contribution >= 0.6 is 0 Å². The van der Waals surface area contributed by atoms with Gasteiger partial charge in [0.15, 0.2) is 0 Å². The molecule has 2 fully saturated rings. The first-order chi connectivity index (χ1) is 8.39. The number of carboxylic acid groups (broad SMARTS) is 1. The van der Waals surface area contributed by atoms with Crippen LogP contribution in [0.5, 0.6) is 0 Å². The van der Waals surface area contributed by atoms with Crippen molar-refractivity contribution >= 4 is 11.9 Å². The zero-order valence-corrected chi connectivity index (χ0v) is 10.8. The van der Waals surface area contributed by atoms with Crippen molar-refractivity contribution in [1.29, 1.82) is 0 Å². The summed E-state index contributed by atoms with van der Waals surface area (Å²) in [6.07, 6.45) is 2.16. The highest BCUT2D eigenvalue weighted by Crippen LogP contribution is 2.27. The van der Waals surface area contributed by atoms with Gasteiger partial charge in [-0.1, -0.05) is 0 Å². The maximum absolute atomic E-state index is 11.8. The lowest BCUT2D eigenvalue weighted by Gasteiger charge is -2.49. The molecule has 1 saturated heterocycles. The number of nitrogens with one attached hydrogen (secondary N) is 1. The summed E-state index contributed by atoms with van der Waals surface area (Å²) in [6.45, 7) is 4.65. The highest BCUT2D eigenvalue weighted by molar-refractivity contribution is 5.82. The summed E-state index contributed by atoms with van der Waals surface area (Å²) in [5.41, 5.74) is -0.438. The Morgan fingerprint density at radius 3 is 2.61 bits per heavy atom. The monoisotopic (exact) mass is 256 g/mol. The Morgan fingerprint density at radius 2 is 2.11 bits per heavy atom. The number of carbonyl (C=O) groups excluding carboxylic acids is 1. The molecule has 6 heteroatoms. The molecule has 0 bridgehead atoms. The fourth-order valence-corrected chi connectivity index (χ4v) is 2.13. The third kappa shape index (κ3) is 3.20. The van der Waals surface area contributed by atoms with E-state index in [-0.39, 0.29) is 18.6 Å². The second-order valence-electron chi connectivity index (χ2n) is 5.50. The molecule has 0 radical (unpaired) electrons. The molecule has 2 N–H and O–H groups in total. The van der Waals surface area contributed by atoms with Crippen LogP contribution in [0, 0.1) is 0 Å². The Kier molecular flexibility index (Phi) is 3.59. The van der Waals surface area contributed by atoms with Gasteiger partial charge in [-0.25, -0.2) is 4.79 Å². The van der Waals surface area contributed by atoms with Crippen molar-refractivity contribution in [1.82, 2.24) is 10.2 Å². The number of nitrogens with zero attached hydrogens (tertiary/aromatic N) is 1. The van der Waals surface area contributed by atoms with Gasteiger partial charge in [-0.3, -0.25) is 9.69 Å². The van der Waals surface area contributed by atoms with E-state index in [0.717, 1.165) is 12.8 Å². The number of rotatable bonds is 6. The van der Waals surface area contributed by atoms with E-state index in [1.807, 2.05) is 18.7 Å². The SMILES string of the molecule is CC(C(=O)NC1CC1)N1CC(C)(OCC(=O)O)C1. The lowest BCUT2D eigenvalue weighted by atomic mass is 9.94. The van der Waals surface area contributed by atoms with Gasteiger partial charge < -0.3 is 15.2 Å². The molecule has 2 aliphatic rings. The number of likely N-dealkylation sites (tertiary alicyclic amines) is 1. The van der Waals surface area contributed by atoms with E-state index >= 15 is 0 Å². The summed E-state index contributed by atoms with van der Waals surface area (Å²) in [6, 6.07) is 0.197. The molecule has 1 atom stereocenters. The minimum absolute atomic E-state index is 0.0535. The van der Waals surface area contributed by atoms with Gasteiger partial charge >= 0.3 is 5.97 Å². The Bertz CT molecular complexity index is 348. The van der Waals surface area contributed by atoms with Crippen LogP contribution < -0.4 is 5.32 Å². The number of carbonyl (C=O) groups is 2. The van der Waals surface area contributed by atoms with Crippen LogP contribution in [-0.4, -0.2) is 59.3 Å². The summed E-state index contributed by atoms with van der Waals surface area (Å²) in [4.78, 5) is 24.3. The van der Waals surface area contributed by atoms with Crippen molar-refractivity contribution in [2.24, 2.45) is 0 Å². The fourth-order valence-electron chi connectivity index (χ4n) is 2.13. The summed E-state index contributed by atoms with van der Waals surface area (Å²) in [5, 5.41) is 11.5. The number of carboxylic acids is 1. The van der Waals surface area contributed by atoms with E-state index in [4.69, 9.17) is 9.84 Å². The average Bonchev–Trinajstić information content (AvgIpc) is 3.05. The molecule has 2 rings (SSSR count). The van der Waals surface area contributed by atoms with Crippen LogP contribution in [0.25, 0.3) is 0 Å². The first-order valence-electron chi connectivity index (χ1n) is 6.30. The molecule has 0 aromatic carbocycles. The van der Waals surface area contributed by atoms with Gasteiger partial charge in [0.05, 0.1) is 11.6 Å². The van der Waals surface area contributed by atoms with Crippen LogP contribution in [0.15, 0.2) is 0 Å². The van der Waals surface area contributed by atoms with Gasteiger partial charge in [-0.15, -0.1) is 0 Å². The molecule has 1 unspecified atom stereocenters. The summed E-state index contributed by atoms with van der Waals surface area (Å²) in [7, 11) is 0. The van der Waals surface area contributed by atoms with Crippen LogP contribution in [0.1, 0.15) is 26.7 Å². The Morgan fingerprint density at radius 1 is 1.50 bits per heavy atom. The number of hydrogen-bond donors (Lipinski definition) is 2. The summed E-state index contributed by atoms with van der Waals surface area (Å²) < 4.78 is 5.31. The maximum atomic E-state index is 11.8. The zero-order valence-electron chi connectivity index (χ0n) is 10.8. The summed E-state index contributed by atoms with van der Waals surface area (Å²) in [5.74, 6) is -0.910. The first-order valence-corrected chi connectivity index (χ1v) is 6.30. The Hall–Kier alpha value is -1.14. The van der Waals surface area contributed by atoms with Crippen molar-refractivity contribution in [2.45, 2.75) is 44.4 Å².